The van der Waals surface area contributed by atoms with E-state index in [1.54, 1.807) is 36.4 Å². The molecule has 138 valence electrons. The summed E-state index contributed by atoms with van der Waals surface area (Å²) in [4.78, 5) is 24.7. The third-order valence-electron chi connectivity index (χ3n) is 3.71. The van der Waals surface area contributed by atoms with Crippen LogP contribution in [0.3, 0.4) is 0 Å². The molecular weight excluding hydrogens is 365 g/mol. The van der Waals surface area contributed by atoms with Crippen molar-refractivity contribution in [2.24, 2.45) is 0 Å². The molecule has 0 spiro atoms. The molecule has 3 rings (SSSR count). The second-order valence-corrected chi connectivity index (χ2v) is 6.83. The molecule has 0 saturated heterocycles. The number of carbonyl (C=O) groups is 2. The number of urea groups is 1. The van der Waals surface area contributed by atoms with Gasteiger partial charge in [0.05, 0.1) is 9.88 Å². The van der Waals surface area contributed by atoms with E-state index in [-0.39, 0.29) is 17.8 Å². The van der Waals surface area contributed by atoms with Gasteiger partial charge in [-0.3, -0.25) is 10.1 Å². The highest BCUT2D eigenvalue weighted by Crippen LogP contribution is 2.22. The summed E-state index contributed by atoms with van der Waals surface area (Å²) in [6, 6.07) is 18.3. The lowest BCUT2D eigenvalue weighted by atomic mass is 10.1. The molecule has 0 unspecified atom stereocenters. The molecule has 0 atom stereocenters. The van der Waals surface area contributed by atoms with Crippen LogP contribution in [-0.4, -0.2) is 18.5 Å². The third-order valence-corrected chi connectivity index (χ3v) is 4.71. The zero-order valence-electron chi connectivity index (χ0n) is 14.4. The van der Waals surface area contributed by atoms with Gasteiger partial charge in [0.2, 0.25) is 0 Å². The summed E-state index contributed by atoms with van der Waals surface area (Å²) in [5.41, 5.74) is 1.63. The molecule has 1 aromatic heterocycles. The van der Waals surface area contributed by atoms with Gasteiger partial charge in [-0.1, -0.05) is 30.3 Å². The maximum absolute atomic E-state index is 12.9. The highest BCUT2D eigenvalue weighted by molar-refractivity contribution is 7.18. The Balaban J connectivity index is 1.47. The second-order valence-electron chi connectivity index (χ2n) is 5.74. The Hall–Kier alpha value is -3.19. The Morgan fingerprint density at radius 1 is 0.889 bits per heavy atom. The number of amides is 3. The number of hydrogen-bond donors (Lipinski definition) is 3. The van der Waals surface area contributed by atoms with Crippen molar-refractivity contribution < 1.29 is 14.0 Å². The summed E-state index contributed by atoms with van der Waals surface area (Å²) in [7, 11) is 0. The first kappa shape index (κ1) is 18.6. The van der Waals surface area contributed by atoms with E-state index in [2.05, 4.69) is 16.0 Å². The molecule has 7 heteroatoms. The van der Waals surface area contributed by atoms with Crippen molar-refractivity contribution in [1.82, 2.24) is 5.32 Å². The average molecular weight is 383 g/mol. The Bertz CT molecular complexity index is 910. The third kappa shape index (κ3) is 5.65. The van der Waals surface area contributed by atoms with Gasteiger partial charge in [-0.05, 0) is 48.4 Å². The maximum Gasteiger partial charge on any atom is 0.324 e. The standard InChI is InChI=1S/C20H18FN3O2S/c21-15-8-6-14(7-9-15)12-13-22-19(25)17-10-11-18(27-17)24-20(26)23-16-4-2-1-3-5-16/h1-11H,12-13H2,(H,22,25)(H2,23,24,26). The summed E-state index contributed by atoms with van der Waals surface area (Å²) >= 11 is 1.19. The van der Waals surface area contributed by atoms with E-state index in [0.29, 0.717) is 28.5 Å². The fraction of sp³-hybridized carbons (Fsp3) is 0.100. The highest BCUT2D eigenvalue weighted by atomic mass is 32.1. The van der Waals surface area contributed by atoms with Crippen LogP contribution in [0, 0.1) is 5.82 Å². The van der Waals surface area contributed by atoms with Crippen molar-refractivity contribution in [3.63, 3.8) is 0 Å². The van der Waals surface area contributed by atoms with Gasteiger partial charge in [0, 0.05) is 12.2 Å². The monoisotopic (exact) mass is 383 g/mol. The first-order valence-corrected chi connectivity index (χ1v) is 9.17. The van der Waals surface area contributed by atoms with Crippen LogP contribution in [0.2, 0.25) is 0 Å². The molecule has 27 heavy (non-hydrogen) atoms. The van der Waals surface area contributed by atoms with Crippen LogP contribution in [0.4, 0.5) is 19.9 Å². The smallest absolute Gasteiger partial charge is 0.324 e. The number of anilines is 2. The number of hydrogen-bond acceptors (Lipinski definition) is 3. The van der Waals surface area contributed by atoms with Gasteiger partial charge in [-0.15, -0.1) is 11.3 Å². The van der Waals surface area contributed by atoms with Gasteiger partial charge in [0.25, 0.3) is 5.91 Å². The summed E-state index contributed by atoms with van der Waals surface area (Å²) in [6.45, 7) is 0.444. The average Bonchev–Trinajstić information content (AvgIpc) is 3.12. The molecule has 2 aromatic carbocycles. The summed E-state index contributed by atoms with van der Waals surface area (Å²) in [5, 5.41) is 8.81. The Morgan fingerprint density at radius 2 is 1.63 bits per heavy atom. The molecule has 0 fully saturated rings. The maximum atomic E-state index is 12.9. The highest BCUT2D eigenvalue weighted by Gasteiger charge is 2.10. The van der Waals surface area contributed by atoms with Gasteiger partial charge < -0.3 is 10.6 Å². The van der Waals surface area contributed by atoms with Crippen LogP contribution >= 0.6 is 11.3 Å². The minimum Gasteiger partial charge on any atom is -0.351 e. The molecule has 0 bridgehead atoms. The molecule has 5 nitrogen and oxygen atoms in total. The van der Waals surface area contributed by atoms with Crippen molar-refractivity contribution in [3.05, 3.63) is 83.0 Å². The lowest BCUT2D eigenvalue weighted by Gasteiger charge is -2.05. The SMILES string of the molecule is O=C(Nc1ccccc1)Nc1ccc(C(=O)NCCc2ccc(F)cc2)s1. The second kappa shape index (κ2) is 8.95. The normalized spacial score (nSPS) is 10.3. The van der Waals surface area contributed by atoms with Crippen molar-refractivity contribution in [1.29, 1.82) is 0 Å². The van der Waals surface area contributed by atoms with Gasteiger partial charge in [-0.25, -0.2) is 9.18 Å². The summed E-state index contributed by atoms with van der Waals surface area (Å²) < 4.78 is 12.9. The molecule has 0 aliphatic heterocycles. The predicted molar refractivity (Wildman–Crippen MR) is 106 cm³/mol. The Morgan fingerprint density at radius 3 is 2.37 bits per heavy atom. The van der Waals surface area contributed by atoms with E-state index in [1.165, 1.54) is 23.5 Å². The van der Waals surface area contributed by atoms with Crippen molar-refractivity contribution >= 4 is 34.0 Å². The Kier molecular flexibility index (Phi) is 6.17. The number of para-hydroxylation sites is 1. The minimum atomic E-state index is -0.369. The lowest BCUT2D eigenvalue weighted by Crippen LogP contribution is -2.24. The number of benzene rings is 2. The molecule has 0 aliphatic rings. The van der Waals surface area contributed by atoms with E-state index in [0.717, 1.165) is 5.56 Å². The van der Waals surface area contributed by atoms with E-state index in [1.807, 2.05) is 18.2 Å². The van der Waals surface area contributed by atoms with Gasteiger partial charge >= 0.3 is 6.03 Å². The Labute approximate surface area is 160 Å². The summed E-state index contributed by atoms with van der Waals surface area (Å²) in [5.74, 6) is -0.490. The van der Waals surface area contributed by atoms with Crippen LogP contribution in [0.25, 0.3) is 0 Å². The van der Waals surface area contributed by atoms with E-state index < -0.39 is 0 Å². The molecule has 0 saturated carbocycles. The number of nitrogens with one attached hydrogen (secondary N) is 3. The predicted octanol–water partition coefficient (Wildman–Crippen LogP) is 4.50. The molecule has 3 aromatic rings. The molecule has 0 radical (unpaired) electrons. The van der Waals surface area contributed by atoms with E-state index in [9.17, 15) is 14.0 Å². The van der Waals surface area contributed by atoms with Crippen LogP contribution in [0.5, 0.6) is 0 Å². The van der Waals surface area contributed by atoms with Gasteiger partial charge in [0.15, 0.2) is 0 Å². The number of thiophene rings is 1. The number of halogens is 1. The first-order valence-electron chi connectivity index (χ1n) is 8.36. The minimum absolute atomic E-state index is 0.210. The van der Waals surface area contributed by atoms with Crippen molar-refractivity contribution in [2.45, 2.75) is 6.42 Å². The molecule has 1 heterocycles. The molecule has 3 N–H and O–H groups in total. The van der Waals surface area contributed by atoms with Crippen LogP contribution in [-0.2, 0) is 6.42 Å². The largest absolute Gasteiger partial charge is 0.351 e. The molecule has 0 aliphatic carbocycles. The number of carbonyl (C=O) groups excluding carboxylic acids is 2. The van der Waals surface area contributed by atoms with E-state index >= 15 is 0 Å². The van der Waals surface area contributed by atoms with Crippen molar-refractivity contribution in [2.75, 3.05) is 17.2 Å². The van der Waals surface area contributed by atoms with E-state index in [4.69, 9.17) is 0 Å². The van der Waals surface area contributed by atoms with Crippen LogP contribution in [0.1, 0.15) is 15.2 Å². The lowest BCUT2D eigenvalue weighted by molar-refractivity contribution is 0.0958. The van der Waals surface area contributed by atoms with Crippen molar-refractivity contribution in [3.8, 4) is 0 Å². The van der Waals surface area contributed by atoms with Crippen LogP contribution < -0.4 is 16.0 Å². The first-order chi connectivity index (χ1) is 13.1. The zero-order valence-corrected chi connectivity index (χ0v) is 15.2. The molecular formula is C20H18FN3O2S. The molecule has 3 amide bonds. The van der Waals surface area contributed by atoms with Gasteiger partial charge in [0.1, 0.15) is 5.82 Å². The zero-order chi connectivity index (χ0) is 19.1. The fourth-order valence-corrected chi connectivity index (χ4v) is 3.20. The fourth-order valence-electron chi connectivity index (χ4n) is 2.38. The topological polar surface area (TPSA) is 70.2 Å². The number of rotatable bonds is 6. The summed E-state index contributed by atoms with van der Waals surface area (Å²) in [6.07, 6.45) is 0.613. The quantitative estimate of drug-likeness (QED) is 0.586. The van der Waals surface area contributed by atoms with Crippen LogP contribution in [0.15, 0.2) is 66.7 Å². The van der Waals surface area contributed by atoms with Gasteiger partial charge in [-0.2, -0.15) is 0 Å².